The zero-order valence-corrected chi connectivity index (χ0v) is 16.5. The maximum absolute atomic E-state index is 11.8. The minimum atomic E-state index is -0.503. The molecular weight excluding hydrogens is 338 g/mol. The van der Waals surface area contributed by atoms with Crippen molar-refractivity contribution in [3.8, 4) is 0 Å². The molecule has 0 aromatic rings. The van der Waals surface area contributed by atoms with Gasteiger partial charge >= 0.3 is 11.9 Å². The van der Waals surface area contributed by atoms with Gasteiger partial charge in [0.05, 0.1) is 31.8 Å². The molecule has 0 bridgehead atoms. The second kappa shape index (κ2) is 9.67. The third kappa shape index (κ3) is 6.85. The fraction of sp³-hybridized carbons (Fsp3) is 0.895. The number of rotatable bonds is 7. The van der Waals surface area contributed by atoms with E-state index >= 15 is 0 Å². The average Bonchev–Trinajstić information content (AvgIpc) is 3.04. The van der Waals surface area contributed by atoms with E-state index in [2.05, 4.69) is 0 Å². The van der Waals surface area contributed by atoms with Gasteiger partial charge in [-0.1, -0.05) is 0 Å². The lowest BCUT2D eigenvalue weighted by Crippen LogP contribution is -2.38. The first-order chi connectivity index (χ1) is 12.3. The zero-order valence-electron chi connectivity index (χ0n) is 16.5. The quantitative estimate of drug-likeness (QED) is 0.637. The molecule has 0 amide bonds. The van der Waals surface area contributed by atoms with Crippen molar-refractivity contribution >= 4 is 11.9 Å². The Bertz CT molecular complexity index is 467. The van der Waals surface area contributed by atoms with Crippen LogP contribution in [0.2, 0.25) is 0 Å². The molecule has 0 N–H and O–H groups in total. The van der Waals surface area contributed by atoms with Crippen LogP contribution in [-0.2, 0) is 28.6 Å². The Morgan fingerprint density at radius 2 is 1.77 bits per heavy atom. The van der Waals surface area contributed by atoms with E-state index in [1.807, 2.05) is 25.8 Å². The van der Waals surface area contributed by atoms with E-state index in [0.717, 1.165) is 45.1 Å². The number of esters is 2. The first-order valence-corrected chi connectivity index (χ1v) is 9.59. The van der Waals surface area contributed by atoms with Gasteiger partial charge in [-0.2, -0.15) is 5.06 Å². The second-order valence-electron chi connectivity index (χ2n) is 8.13. The van der Waals surface area contributed by atoms with Gasteiger partial charge in [-0.15, -0.1) is 0 Å². The summed E-state index contributed by atoms with van der Waals surface area (Å²) >= 11 is 0. The summed E-state index contributed by atoms with van der Waals surface area (Å²) < 4.78 is 16.1. The monoisotopic (exact) mass is 371 g/mol. The Kier molecular flexibility index (Phi) is 7.85. The van der Waals surface area contributed by atoms with Crippen molar-refractivity contribution in [3.05, 3.63) is 0 Å². The van der Waals surface area contributed by atoms with Gasteiger partial charge in [0.2, 0.25) is 0 Å². The smallest absolute Gasteiger partial charge is 0.334 e. The Labute approximate surface area is 156 Å². The standard InChI is InChI=1S/C19H33NO6/c1-19(2,3)26-17(21)13-25-20-11-5-6-15(20)12-24-16-9-7-14(8-10-16)18(22)23-4/h14-16H,5-13H2,1-4H3/t14?,15-,16?/m1/s1. The Morgan fingerprint density at radius 1 is 1.08 bits per heavy atom. The molecule has 1 saturated carbocycles. The summed E-state index contributed by atoms with van der Waals surface area (Å²) in [6, 6.07) is 0.163. The van der Waals surface area contributed by atoms with Gasteiger partial charge in [0, 0.05) is 6.54 Å². The summed E-state index contributed by atoms with van der Waals surface area (Å²) in [6.07, 6.45) is 5.60. The summed E-state index contributed by atoms with van der Waals surface area (Å²) in [5.41, 5.74) is -0.503. The first kappa shape index (κ1) is 21.1. The number of nitrogens with zero attached hydrogens (tertiary/aromatic N) is 1. The molecular formula is C19H33NO6. The summed E-state index contributed by atoms with van der Waals surface area (Å²) in [4.78, 5) is 29.0. The maximum Gasteiger partial charge on any atom is 0.334 e. The van der Waals surface area contributed by atoms with Crippen molar-refractivity contribution in [2.45, 2.75) is 77.0 Å². The van der Waals surface area contributed by atoms with Gasteiger partial charge in [-0.25, -0.2) is 4.79 Å². The van der Waals surface area contributed by atoms with Gasteiger partial charge in [0.15, 0.2) is 6.61 Å². The molecule has 2 rings (SSSR count). The predicted octanol–water partition coefficient (Wildman–Crippen LogP) is 2.47. The minimum absolute atomic E-state index is 0.0139. The van der Waals surface area contributed by atoms with Crippen molar-refractivity contribution in [3.63, 3.8) is 0 Å². The number of hydrogen-bond acceptors (Lipinski definition) is 7. The number of carbonyl (C=O) groups excluding carboxylic acids is 2. The van der Waals surface area contributed by atoms with Crippen molar-refractivity contribution in [2.24, 2.45) is 5.92 Å². The van der Waals surface area contributed by atoms with Crippen molar-refractivity contribution < 1.29 is 28.6 Å². The highest BCUT2D eigenvalue weighted by molar-refractivity contribution is 5.72. The number of methoxy groups -OCH3 is 1. The number of carbonyl (C=O) groups is 2. The summed E-state index contributed by atoms with van der Waals surface area (Å²) in [6.45, 7) is 6.83. The van der Waals surface area contributed by atoms with Crippen LogP contribution in [0, 0.1) is 5.92 Å². The fourth-order valence-corrected chi connectivity index (χ4v) is 3.53. The Hall–Kier alpha value is -1.18. The molecule has 150 valence electrons. The van der Waals surface area contributed by atoms with Crippen LogP contribution in [0.5, 0.6) is 0 Å². The molecule has 0 unspecified atom stereocenters. The van der Waals surface area contributed by atoms with E-state index in [1.54, 1.807) is 0 Å². The summed E-state index contributed by atoms with van der Waals surface area (Å²) in [7, 11) is 1.44. The predicted molar refractivity (Wildman–Crippen MR) is 95.2 cm³/mol. The molecule has 2 aliphatic rings. The molecule has 0 spiro atoms. The van der Waals surface area contributed by atoms with Crippen LogP contribution in [0.4, 0.5) is 0 Å². The molecule has 26 heavy (non-hydrogen) atoms. The highest BCUT2D eigenvalue weighted by Gasteiger charge is 2.31. The number of hydroxylamine groups is 2. The highest BCUT2D eigenvalue weighted by atomic mass is 16.7. The Balaban J connectivity index is 1.67. The first-order valence-electron chi connectivity index (χ1n) is 9.59. The average molecular weight is 371 g/mol. The zero-order chi connectivity index (χ0) is 19.2. The van der Waals surface area contributed by atoms with Crippen molar-refractivity contribution in [1.82, 2.24) is 5.06 Å². The third-order valence-electron chi connectivity index (χ3n) is 4.82. The Morgan fingerprint density at radius 3 is 2.38 bits per heavy atom. The van der Waals surface area contributed by atoms with Crippen LogP contribution in [0.1, 0.15) is 59.3 Å². The van der Waals surface area contributed by atoms with Crippen LogP contribution in [0.25, 0.3) is 0 Å². The van der Waals surface area contributed by atoms with Gasteiger partial charge < -0.3 is 14.2 Å². The lowest BCUT2D eigenvalue weighted by atomic mass is 9.87. The maximum atomic E-state index is 11.8. The van der Waals surface area contributed by atoms with E-state index in [9.17, 15) is 9.59 Å². The molecule has 1 aliphatic carbocycles. The largest absolute Gasteiger partial charge is 0.469 e. The molecule has 1 saturated heterocycles. The number of ether oxygens (including phenoxy) is 3. The molecule has 0 aromatic carbocycles. The molecule has 1 atom stereocenters. The molecule has 2 fully saturated rings. The summed E-state index contributed by atoms with van der Waals surface area (Å²) in [5.74, 6) is -0.453. The topological polar surface area (TPSA) is 74.3 Å². The van der Waals surface area contributed by atoms with E-state index in [4.69, 9.17) is 19.0 Å². The van der Waals surface area contributed by atoms with Crippen LogP contribution in [-0.4, -0.2) is 61.6 Å². The van der Waals surface area contributed by atoms with Crippen LogP contribution in [0.3, 0.4) is 0 Å². The van der Waals surface area contributed by atoms with E-state index < -0.39 is 5.60 Å². The van der Waals surface area contributed by atoms with Gasteiger partial charge in [-0.05, 0) is 59.3 Å². The van der Waals surface area contributed by atoms with Crippen molar-refractivity contribution in [1.29, 1.82) is 0 Å². The van der Waals surface area contributed by atoms with Crippen molar-refractivity contribution in [2.75, 3.05) is 26.9 Å². The lowest BCUT2D eigenvalue weighted by Gasteiger charge is -2.30. The van der Waals surface area contributed by atoms with Crippen LogP contribution >= 0.6 is 0 Å². The molecule has 1 aliphatic heterocycles. The van der Waals surface area contributed by atoms with E-state index in [-0.39, 0.29) is 36.6 Å². The molecule has 1 heterocycles. The van der Waals surface area contributed by atoms with Gasteiger partial charge in [0.25, 0.3) is 0 Å². The van der Waals surface area contributed by atoms with Gasteiger partial charge in [-0.3, -0.25) is 9.63 Å². The number of hydrogen-bond donors (Lipinski definition) is 0. The fourth-order valence-electron chi connectivity index (χ4n) is 3.53. The lowest BCUT2D eigenvalue weighted by molar-refractivity contribution is -0.203. The molecule has 7 heteroatoms. The molecule has 7 nitrogen and oxygen atoms in total. The molecule has 0 aromatic heterocycles. The SMILES string of the molecule is COC(=O)C1CCC(OC[C@H]2CCCN2OCC(=O)OC(C)(C)C)CC1. The normalized spacial score (nSPS) is 27.3. The van der Waals surface area contributed by atoms with Gasteiger partial charge in [0.1, 0.15) is 5.60 Å². The third-order valence-corrected chi connectivity index (χ3v) is 4.82. The van der Waals surface area contributed by atoms with Crippen LogP contribution < -0.4 is 0 Å². The molecule has 0 radical (unpaired) electrons. The minimum Gasteiger partial charge on any atom is -0.469 e. The van der Waals surface area contributed by atoms with E-state index in [0.29, 0.717) is 6.61 Å². The van der Waals surface area contributed by atoms with Crippen LogP contribution in [0.15, 0.2) is 0 Å². The van der Waals surface area contributed by atoms with E-state index in [1.165, 1.54) is 7.11 Å². The summed E-state index contributed by atoms with van der Waals surface area (Å²) in [5, 5.41) is 1.85. The highest BCUT2D eigenvalue weighted by Crippen LogP contribution is 2.28. The second-order valence-corrected chi connectivity index (χ2v) is 8.13.